The average molecular weight is 220 g/mol. The number of anilines is 1. The zero-order chi connectivity index (χ0) is 12.1. The largest absolute Gasteiger partial charge is 0.321 e. The molecule has 0 aliphatic carbocycles. The number of nitrogens with one attached hydrogen (secondary N) is 1. The molecule has 1 aromatic rings. The summed E-state index contributed by atoms with van der Waals surface area (Å²) < 4.78 is 0. The van der Waals surface area contributed by atoms with Gasteiger partial charge in [0.15, 0.2) is 0 Å². The molecule has 16 heavy (non-hydrogen) atoms. The van der Waals surface area contributed by atoms with Crippen molar-refractivity contribution >= 4 is 17.3 Å². The van der Waals surface area contributed by atoms with Gasteiger partial charge in [0.2, 0.25) is 5.91 Å². The van der Waals surface area contributed by atoms with Crippen LogP contribution in [-0.4, -0.2) is 10.8 Å². The van der Waals surface area contributed by atoms with Crippen molar-refractivity contribution < 1.29 is 9.72 Å². The number of amides is 1. The first kappa shape index (κ1) is 11.9. The molecule has 1 aromatic carbocycles. The Morgan fingerprint density at radius 1 is 1.62 bits per heavy atom. The maximum Gasteiger partial charge on any atom is 0.293 e. The third-order valence-electron chi connectivity index (χ3n) is 1.95. The Kier molecular flexibility index (Phi) is 3.77. The van der Waals surface area contributed by atoms with Crippen LogP contribution in [0.5, 0.6) is 0 Å². The lowest BCUT2D eigenvalue weighted by molar-refractivity contribution is -0.384. The van der Waals surface area contributed by atoms with Crippen LogP contribution < -0.4 is 5.32 Å². The lowest BCUT2D eigenvalue weighted by atomic mass is 10.1. The molecule has 5 heteroatoms. The zero-order valence-corrected chi connectivity index (χ0v) is 8.90. The zero-order valence-electron chi connectivity index (χ0n) is 8.90. The van der Waals surface area contributed by atoms with E-state index in [2.05, 4.69) is 11.9 Å². The summed E-state index contributed by atoms with van der Waals surface area (Å²) in [7, 11) is 0. The van der Waals surface area contributed by atoms with Crippen molar-refractivity contribution in [2.24, 2.45) is 0 Å². The number of benzene rings is 1. The van der Waals surface area contributed by atoms with Gasteiger partial charge in [-0.3, -0.25) is 14.9 Å². The molecule has 0 atom stereocenters. The summed E-state index contributed by atoms with van der Waals surface area (Å²) in [6.07, 6.45) is 2.22. The highest BCUT2D eigenvalue weighted by atomic mass is 16.6. The molecule has 0 saturated heterocycles. The fraction of sp³-hybridized carbons (Fsp3) is 0.182. The van der Waals surface area contributed by atoms with Gasteiger partial charge in [-0.1, -0.05) is 12.1 Å². The van der Waals surface area contributed by atoms with Gasteiger partial charge in [0.05, 0.1) is 4.92 Å². The Morgan fingerprint density at radius 3 is 2.81 bits per heavy atom. The number of hydrogen-bond acceptors (Lipinski definition) is 3. The minimum Gasteiger partial charge on any atom is -0.321 e. The van der Waals surface area contributed by atoms with Gasteiger partial charge in [-0.25, -0.2) is 0 Å². The van der Waals surface area contributed by atoms with E-state index in [1.807, 2.05) is 0 Å². The van der Waals surface area contributed by atoms with E-state index in [0.29, 0.717) is 6.42 Å². The molecular weight excluding hydrogens is 208 g/mol. The van der Waals surface area contributed by atoms with Crippen molar-refractivity contribution in [2.75, 3.05) is 5.32 Å². The van der Waals surface area contributed by atoms with Crippen molar-refractivity contribution in [1.29, 1.82) is 0 Å². The van der Waals surface area contributed by atoms with Crippen LogP contribution in [0.15, 0.2) is 30.9 Å². The van der Waals surface area contributed by atoms with Gasteiger partial charge >= 0.3 is 0 Å². The third-order valence-corrected chi connectivity index (χ3v) is 1.95. The second-order valence-corrected chi connectivity index (χ2v) is 3.28. The fourth-order valence-corrected chi connectivity index (χ4v) is 1.32. The topological polar surface area (TPSA) is 72.2 Å². The third kappa shape index (κ3) is 2.91. The van der Waals surface area contributed by atoms with Crippen LogP contribution in [0.3, 0.4) is 0 Å². The lowest BCUT2D eigenvalue weighted by Crippen LogP contribution is -2.08. The molecule has 5 nitrogen and oxygen atoms in total. The minimum absolute atomic E-state index is 0.102. The molecule has 1 N–H and O–H groups in total. The number of rotatable bonds is 4. The molecule has 0 aromatic heterocycles. The van der Waals surface area contributed by atoms with Gasteiger partial charge in [-0.2, -0.15) is 0 Å². The Morgan fingerprint density at radius 2 is 2.31 bits per heavy atom. The second kappa shape index (κ2) is 5.06. The van der Waals surface area contributed by atoms with Crippen LogP contribution in [0.1, 0.15) is 12.5 Å². The first-order valence-corrected chi connectivity index (χ1v) is 4.70. The van der Waals surface area contributed by atoms with E-state index in [4.69, 9.17) is 0 Å². The Bertz CT molecular complexity index is 441. The van der Waals surface area contributed by atoms with Crippen molar-refractivity contribution in [1.82, 2.24) is 0 Å². The van der Waals surface area contributed by atoms with E-state index in [-0.39, 0.29) is 17.3 Å². The highest BCUT2D eigenvalue weighted by Crippen LogP contribution is 2.25. The Labute approximate surface area is 92.9 Å². The lowest BCUT2D eigenvalue weighted by Gasteiger charge is -2.04. The molecule has 1 rings (SSSR count). The van der Waals surface area contributed by atoms with E-state index in [1.165, 1.54) is 19.1 Å². The van der Waals surface area contributed by atoms with Gasteiger partial charge in [0, 0.05) is 13.0 Å². The van der Waals surface area contributed by atoms with Gasteiger partial charge in [0.25, 0.3) is 5.69 Å². The van der Waals surface area contributed by atoms with Crippen molar-refractivity contribution in [2.45, 2.75) is 13.3 Å². The summed E-state index contributed by atoms with van der Waals surface area (Å²) in [5, 5.41) is 13.2. The van der Waals surface area contributed by atoms with Crippen molar-refractivity contribution in [3.8, 4) is 0 Å². The number of carbonyl (C=O) groups is 1. The van der Waals surface area contributed by atoms with Crippen LogP contribution in [0, 0.1) is 10.1 Å². The molecule has 0 spiro atoms. The Hall–Kier alpha value is -2.17. The van der Waals surface area contributed by atoms with Crippen LogP contribution >= 0.6 is 0 Å². The predicted octanol–water partition coefficient (Wildman–Crippen LogP) is 2.28. The second-order valence-electron chi connectivity index (χ2n) is 3.28. The molecule has 0 fully saturated rings. The molecule has 0 heterocycles. The summed E-state index contributed by atoms with van der Waals surface area (Å²) >= 11 is 0. The SMILES string of the molecule is C=CCc1ccc(NC(C)=O)c([N+](=O)[O-])c1. The summed E-state index contributed by atoms with van der Waals surface area (Å²) in [5.74, 6) is -0.334. The standard InChI is InChI=1S/C11H12N2O3/c1-3-4-9-5-6-10(12-8(2)14)11(7-9)13(15)16/h3,5-7H,1,4H2,2H3,(H,12,14). The predicted molar refractivity (Wildman–Crippen MR) is 61.3 cm³/mol. The van der Waals surface area contributed by atoms with E-state index < -0.39 is 4.92 Å². The number of nitrogens with zero attached hydrogens (tertiary/aromatic N) is 1. The van der Waals surface area contributed by atoms with E-state index in [9.17, 15) is 14.9 Å². The van der Waals surface area contributed by atoms with E-state index in [1.54, 1.807) is 12.1 Å². The van der Waals surface area contributed by atoms with Gasteiger partial charge in [-0.05, 0) is 18.1 Å². The molecule has 0 aliphatic heterocycles. The van der Waals surface area contributed by atoms with Gasteiger partial charge < -0.3 is 5.32 Å². The Balaban J connectivity index is 3.13. The summed E-state index contributed by atoms with van der Waals surface area (Å²) in [6, 6.07) is 4.69. The first-order valence-electron chi connectivity index (χ1n) is 4.70. The number of nitro groups is 1. The quantitative estimate of drug-likeness (QED) is 0.480. The highest BCUT2D eigenvalue weighted by Gasteiger charge is 2.14. The minimum atomic E-state index is -0.516. The normalized spacial score (nSPS) is 9.56. The number of nitro benzene ring substituents is 1. The molecule has 0 unspecified atom stereocenters. The average Bonchev–Trinajstić information content (AvgIpc) is 2.19. The summed E-state index contributed by atoms with van der Waals surface area (Å²) in [4.78, 5) is 21.1. The molecule has 1 amide bonds. The van der Waals surface area contributed by atoms with E-state index >= 15 is 0 Å². The smallest absolute Gasteiger partial charge is 0.293 e. The van der Waals surface area contributed by atoms with Crippen LogP contribution in [0.25, 0.3) is 0 Å². The molecule has 0 bridgehead atoms. The summed E-state index contributed by atoms with van der Waals surface area (Å²) in [5.41, 5.74) is 0.899. The molecular formula is C11H12N2O3. The highest BCUT2D eigenvalue weighted by molar-refractivity contribution is 5.91. The van der Waals surface area contributed by atoms with Crippen LogP contribution in [-0.2, 0) is 11.2 Å². The molecule has 0 radical (unpaired) electrons. The summed E-state index contributed by atoms with van der Waals surface area (Å²) in [6.45, 7) is 4.87. The van der Waals surface area contributed by atoms with Crippen LogP contribution in [0.2, 0.25) is 0 Å². The van der Waals surface area contributed by atoms with Crippen LogP contribution in [0.4, 0.5) is 11.4 Å². The number of hydrogen-bond donors (Lipinski definition) is 1. The van der Waals surface area contributed by atoms with Crippen molar-refractivity contribution in [3.05, 3.63) is 46.5 Å². The van der Waals surface area contributed by atoms with Crippen molar-refractivity contribution in [3.63, 3.8) is 0 Å². The molecule has 0 saturated carbocycles. The van der Waals surface area contributed by atoms with Gasteiger partial charge in [0.1, 0.15) is 5.69 Å². The number of allylic oxidation sites excluding steroid dienone is 1. The maximum atomic E-state index is 10.8. The monoisotopic (exact) mass is 220 g/mol. The molecule has 84 valence electrons. The first-order chi connectivity index (χ1) is 7.54. The number of carbonyl (C=O) groups excluding carboxylic acids is 1. The maximum absolute atomic E-state index is 10.8. The fourth-order valence-electron chi connectivity index (χ4n) is 1.32. The molecule has 0 aliphatic rings. The van der Waals surface area contributed by atoms with E-state index in [0.717, 1.165) is 5.56 Å². The van der Waals surface area contributed by atoms with Gasteiger partial charge in [-0.15, -0.1) is 6.58 Å².